The van der Waals surface area contributed by atoms with Crippen molar-refractivity contribution in [1.29, 1.82) is 5.26 Å². The van der Waals surface area contributed by atoms with Gasteiger partial charge >= 0.3 is 0 Å². The molecule has 1 amide bonds. The van der Waals surface area contributed by atoms with E-state index < -0.39 is 15.7 Å². The molecule has 1 aliphatic rings. The van der Waals surface area contributed by atoms with Crippen LogP contribution in [0.2, 0.25) is 0 Å². The number of sulfone groups is 1. The Hall–Kier alpha value is -2.76. The van der Waals surface area contributed by atoms with E-state index in [1.165, 1.54) is 18.2 Å². The van der Waals surface area contributed by atoms with E-state index >= 15 is 0 Å². The number of rotatable bonds is 3. The summed E-state index contributed by atoms with van der Waals surface area (Å²) in [6, 6.07) is 9.77. The monoisotopic (exact) mass is 415 g/mol. The number of nitrogens with zero attached hydrogens (tertiary/aromatic N) is 2. The van der Waals surface area contributed by atoms with Crippen LogP contribution in [0.15, 0.2) is 57.0 Å². The summed E-state index contributed by atoms with van der Waals surface area (Å²) in [5.74, 6) is -0.637. The third-order valence-corrected chi connectivity index (χ3v) is 5.58. The number of carbonyl (C=O) groups excluding carboxylic acids is 1. The molecular formula is C17H10BrN3O3S. The van der Waals surface area contributed by atoms with Crippen molar-refractivity contribution in [1.82, 2.24) is 4.98 Å². The lowest BCUT2D eigenvalue weighted by Gasteiger charge is -2.07. The lowest BCUT2D eigenvalue weighted by Crippen LogP contribution is -2.14. The maximum Gasteiger partial charge on any atom is 0.266 e. The van der Waals surface area contributed by atoms with Gasteiger partial charge in [0.05, 0.1) is 4.90 Å². The molecule has 0 spiro atoms. The first-order chi connectivity index (χ1) is 11.9. The molecule has 0 bridgehead atoms. The standard InChI is InChI=1S/C17H10BrN3O3S/c18-16-12(2-1-6-20-16)8-13(10-19)17(22)21-14-4-3-11-5-7-25(23,24)15(11)9-14/h1-9H,(H,21,22)/b13-8+. The van der Waals surface area contributed by atoms with Gasteiger partial charge in [0, 0.05) is 22.9 Å². The molecule has 2 aromatic rings. The van der Waals surface area contributed by atoms with Crippen LogP contribution in [-0.4, -0.2) is 19.3 Å². The van der Waals surface area contributed by atoms with Crippen molar-refractivity contribution < 1.29 is 13.2 Å². The second kappa shape index (κ2) is 6.63. The smallest absolute Gasteiger partial charge is 0.266 e. The Morgan fingerprint density at radius 1 is 1.32 bits per heavy atom. The fraction of sp³-hybridized carbons (Fsp3) is 0. The molecule has 1 aromatic carbocycles. The Morgan fingerprint density at radius 2 is 2.12 bits per heavy atom. The minimum atomic E-state index is -3.47. The minimum absolute atomic E-state index is 0.128. The summed E-state index contributed by atoms with van der Waals surface area (Å²) in [6.45, 7) is 0. The summed E-state index contributed by atoms with van der Waals surface area (Å²) in [7, 11) is -3.47. The van der Waals surface area contributed by atoms with Gasteiger partial charge in [-0.25, -0.2) is 13.4 Å². The number of anilines is 1. The van der Waals surface area contributed by atoms with Crippen LogP contribution in [0.3, 0.4) is 0 Å². The van der Waals surface area contributed by atoms with Crippen molar-refractivity contribution in [3.8, 4) is 6.07 Å². The summed E-state index contributed by atoms with van der Waals surface area (Å²) in [5.41, 5.74) is 1.31. The van der Waals surface area contributed by atoms with E-state index in [-0.39, 0.29) is 10.5 Å². The van der Waals surface area contributed by atoms with E-state index in [2.05, 4.69) is 26.2 Å². The number of hydrogen-bond acceptors (Lipinski definition) is 5. The zero-order chi connectivity index (χ0) is 18.0. The van der Waals surface area contributed by atoms with Crippen LogP contribution in [0.25, 0.3) is 12.2 Å². The number of nitrogens with one attached hydrogen (secondary N) is 1. The number of fused-ring (bicyclic) bond motifs is 1. The molecule has 2 heterocycles. The van der Waals surface area contributed by atoms with Gasteiger partial charge in [-0.3, -0.25) is 4.79 Å². The van der Waals surface area contributed by atoms with Gasteiger partial charge in [0.15, 0.2) is 0 Å². The van der Waals surface area contributed by atoms with Crippen molar-refractivity contribution in [3.63, 3.8) is 0 Å². The molecule has 0 unspecified atom stereocenters. The molecule has 0 saturated carbocycles. The minimum Gasteiger partial charge on any atom is -0.321 e. The van der Waals surface area contributed by atoms with Crippen LogP contribution >= 0.6 is 15.9 Å². The highest BCUT2D eigenvalue weighted by atomic mass is 79.9. The molecule has 8 heteroatoms. The lowest BCUT2D eigenvalue weighted by molar-refractivity contribution is -0.112. The van der Waals surface area contributed by atoms with Gasteiger partial charge in [-0.2, -0.15) is 5.26 Å². The van der Waals surface area contributed by atoms with E-state index in [0.29, 0.717) is 21.4 Å². The fourth-order valence-electron chi connectivity index (χ4n) is 2.24. The van der Waals surface area contributed by atoms with Gasteiger partial charge in [0.25, 0.3) is 5.91 Å². The SMILES string of the molecule is N#C/C(=C\c1cccnc1Br)C(=O)Nc1ccc2c(c1)S(=O)(=O)C=C2. The fourth-order valence-corrected chi connectivity index (χ4v) is 3.83. The first kappa shape index (κ1) is 17.1. The van der Waals surface area contributed by atoms with Crippen molar-refractivity contribution in [3.05, 3.63) is 63.2 Å². The molecule has 0 fully saturated rings. The number of hydrogen-bond donors (Lipinski definition) is 1. The van der Waals surface area contributed by atoms with E-state index in [1.54, 1.807) is 30.5 Å². The Bertz CT molecular complexity index is 1080. The number of halogens is 1. The first-order valence-electron chi connectivity index (χ1n) is 7.01. The molecule has 0 saturated heterocycles. The summed E-state index contributed by atoms with van der Waals surface area (Å²) >= 11 is 3.25. The highest BCUT2D eigenvalue weighted by Gasteiger charge is 2.21. The molecule has 124 valence electrons. The van der Waals surface area contributed by atoms with Crippen LogP contribution in [0.4, 0.5) is 5.69 Å². The first-order valence-corrected chi connectivity index (χ1v) is 9.35. The molecule has 1 aliphatic heterocycles. The van der Waals surface area contributed by atoms with Crippen LogP contribution in [0, 0.1) is 11.3 Å². The summed E-state index contributed by atoms with van der Waals surface area (Å²) in [4.78, 5) is 16.5. The zero-order valence-electron chi connectivity index (χ0n) is 12.6. The third kappa shape index (κ3) is 3.52. The van der Waals surface area contributed by atoms with Crippen molar-refractivity contribution in [2.75, 3.05) is 5.32 Å². The van der Waals surface area contributed by atoms with Gasteiger partial charge in [0.2, 0.25) is 9.84 Å². The third-order valence-electron chi connectivity index (χ3n) is 3.46. The van der Waals surface area contributed by atoms with Crippen LogP contribution in [-0.2, 0) is 14.6 Å². The van der Waals surface area contributed by atoms with Crippen LogP contribution < -0.4 is 5.32 Å². The van der Waals surface area contributed by atoms with Crippen molar-refractivity contribution in [2.45, 2.75) is 4.90 Å². The molecule has 1 aromatic heterocycles. The molecular weight excluding hydrogens is 406 g/mol. The van der Waals surface area contributed by atoms with Gasteiger partial charge in [-0.1, -0.05) is 12.1 Å². The Kier molecular flexibility index (Phi) is 4.53. The number of aromatic nitrogens is 1. The Labute approximate surface area is 152 Å². The average Bonchev–Trinajstić information content (AvgIpc) is 2.89. The van der Waals surface area contributed by atoms with Crippen molar-refractivity contribution >= 4 is 49.5 Å². The second-order valence-electron chi connectivity index (χ2n) is 5.11. The highest BCUT2D eigenvalue weighted by Crippen LogP contribution is 2.29. The highest BCUT2D eigenvalue weighted by molar-refractivity contribution is 9.10. The van der Waals surface area contributed by atoms with E-state index in [4.69, 9.17) is 0 Å². The summed E-state index contributed by atoms with van der Waals surface area (Å²) < 4.78 is 24.3. The van der Waals surface area contributed by atoms with Crippen LogP contribution in [0.5, 0.6) is 0 Å². The van der Waals surface area contributed by atoms with E-state index in [0.717, 1.165) is 5.41 Å². The molecule has 1 N–H and O–H groups in total. The van der Waals surface area contributed by atoms with Gasteiger partial charge in [-0.05, 0) is 51.8 Å². The lowest BCUT2D eigenvalue weighted by atomic mass is 10.1. The average molecular weight is 416 g/mol. The largest absolute Gasteiger partial charge is 0.321 e. The van der Waals surface area contributed by atoms with Gasteiger partial charge in [-0.15, -0.1) is 0 Å². The van der Waals surface area contributed by atoms with E-state index in [9.17, 15) is 18.5 Å². The predicted octanol–water partition coefficient (Wildman–Crippen LogP) is 3.15. The van der Waals surface area contributed by atoms with Gasteiger partial charge < -0.3 is 5.32 Å². The maximum absolute atomic E-state index is 12.3. The molecule has 0 radical (unpaired) electrons. The molecule has 0 atom stereocenters. The van der Waals surface area contributed by atoms with E-state index in [1.807, 2.05) is 6.07 Å². The zero-order valence-corrected chi connectivity index (χ0v) is 15.0. The molecule has 3 rings (SSSR count). The normalized spacial score (nSPS) is 14.6. The number of carbonyl (C=O) groups is 1. The second-order valence-corrected chi connectivity index (χ2v) is 7.66. The summed E-state index contributed by atoms with van der Waals surface area (Å²) in [5, 5.41) is 12.9. The Morgan fingerprint density at radius 3 is 2.84 bits per heavy atom. The maximum atomic E-state index is 12.3. The van der Waals surface area contributed by atoms with Crippen LogP contribution in [0.1, 0.15) is 11.1 Å². The number of pyridine rings is 1. The van der Waals surface area contributed by atoms with Crippen molar-refractivity contribution in [2.24, 2.45) is 0 Å². The number of nitriles is 1. The number of benzene rings is 1. The summed E-state index contributed by atoms with van der Waals surface area (Å²) in [6.07, 6.45) is 4.47. The number of amides is 1. The quantitative estimate of drug-likeness (QED) is 0.471. The molecule has 6 nitrogen and oxygen atoms in total. The van der Waals surface area contributed by atoms with Gasteiger partial charge in [0.1, 0.15) is 16.2 Å². The molecule has 0 aliphatic carbocycles. The molecule has 25 heavy (non-hydrogen) atoms. The Balaban J connectivity index is 1.88. The topological polar surface area (TPSA) is 99.9 Å². The predicted molar refractivity (Wildman–Crippen MR) is 96.8 cm³/mol.